The predicted octanol–water partition coefficient (Wildman–Crippen LogP) is 1.36. The number of benzene rings is 1. The molecule has 0 aromatic heterocycles. The zero-order valence-electron chi connectivity index (χ0n) is 10.4. The number of ether oxygens (including phenoxy) is 1. The molecular weight excluding hydrogens is 231 g/mol. The van der Waals surface area contributed by atoms with Crippen LogP contribution in [-0.4, -0.2) is 31.6 Å². The Balaban J connectivity index is 2.14. The van der Waals surface area contributed by atoms with Crippen LogP contribution >= 0.6 is 0 Å². The fraction of sp³-hybridized carbons (Fsp3) is 0.417. The number of hydrogen-bond donors (Lipinski definition) is 3. The maximum absolute atomic E-state index is 11.4. The lowest BCUT2D eigenvalue weighted by molar-refractivity contribution is 0.139. The van der Waals surface area contributed by atoms with Crippen molar-refractivity contribution in [3.8, 4) is 0 Å². The molecule has 5 nitrogen and oxygen atoms in total. The summed E-state index contributed by atoms with van der Waals surface area (Å²) in [6, 6.07) is 9.51. The number of alkyl carbamates (subject to hydrolysis) is 1. The van der Waals surface area contributed by atoms with Crippen LogP contribution in [0.3, 0.4) is 0 Å². The lowest BCUT2D eigenvalue weighted by Crippen LogP contribution is -2.30. The van der Waals surface area contributed by atoms with Gasteiger partial charge in [0.2, 0.25) is 0 Å². The number of amides is 1. The van der Waals surface area contributed by atoms with Crippen molar-refractivity contribution < 1.29 is 14.7 Å². The van der Waals surface area contributed by atoms with E-state index in [1.807, 2.05) is 50.0 Å². The van der Waals surface area contributed by atoms with E-state index in [0.29, 0.717) is 13.0 Å². The first-order chi connectivity index (χ1) is 8.72. The number of carbonyl (C=O) groups excluding carboxylic acids is 1. The van der Waals surface area contributed by atoms with E-state index >= 15 is 0 Å². The molecule has 1 rings (SSSR count). The van der Waals surface area contributed by atoms with Crippen LogP contribution in [0, 0.1) is 0 Å². The van der Waals surface area contributed by atoms with E-state index in [2.05, 4.69) is 5.32 Å². The Morgan fingerprint density at radius 2 is 2.17 bits per heavy atom. The SMILES string of the molecule is C[C@@H]([B]CNO)CNC(=O)OCc1ccccc1. The lowest BCUT2D eigenvalue weighted by atomic mass is 9.65. The van der Waals surface area contributed by atoms with Crippen LogP contribution in [0.5, 0.6) is 0 Å². The zero-order valence-corrected chi connectivity index (χ0v) is 10.4. The number of hydroxylamine groups is 1. The predicted molar refractivity (Wildman–Crippen MR) is 69.6 cm³/mol. The first-order valence-electron chi connectivity index (χ1n) is 5.87. The molecule has 1 atom stereocenters. The van der Waals surface area contributed by atoms with Gasteiger partial charge in [0.05, 0.1) is 0 Å². The molecule has 0 saturated carbocycles. The van der Waals surface area contributed by atoms with E-state index in [1.165, 1.54) is 0 Å². The van der Waals surface area contributed by atoms with Gasteiger partial charge in [-0.25, -0.2) is 10.3 Å². The highest BCUT2D eigenvalue weighted by Crippen LogP contribution is 2.01. The Bertz CT molecular complexity index is 348. The van der Waals surface area contributed by atoms with Crippen molar-refractivity contribution in [2.45, 2.75) is 19.3 Å². The van der Waals surface area contributed by atoms with Crippen LogP contribution in [0.25, 0.3) is 0 Å². The third kappa shape index (κ3) is 6.27. The smallest absolute Gasteiger partial charge is 0.407 e. The van der Waals surface area contributed by atoms with E-state index in [1.54, 1.807) is 0 Å². The Kier molecular flexibility index (Phi) is 6.90. The molecule has 0 heterocycles. The van der Waals surface area contributed by atoms with Crippen LogP contribution in [0.4, 0.5) is 4.79 Å². The Morgan fingerprint density at radius 3 is 2.83 bits per heavy atom. The fourth-order valence-electron chi connectivity index (χ4n) is 1.36. The summed E-state index contributed by atoms with van der Waals surface area (Å²) in [5.74, 6) is 0.161. The van der Waals surface area contributed by atoms with Crippen LogP contribution in [-0.2, 0) is 11.3 Å². The van der Waals surface area contributed by atoms with E-state index < -0.39 is 6.09 Å². The van der Waals surface area contributed by atoms with Gasteiger partial charge in [-0.3, -0.25) is 0 Å². The van der Waals surface area contributed by atoms with Gasteiger partial charge < -0.3 is 15.3 Å². The van der Waals surface area contributed by atoms with Crippen molar-refractivity contribution in [2.24, 2.45) is 0 Å². The fourth-order valence-corrected chi connectivity index (χ4v) is 1.36. The third-order valence-corrected chi connectivity index (χ3v) is 2.39. The van der Waals surface area contributed by atoms with E-state index in [4.69, 9.17) is 9.94 Å². The summed E-state index contributed by atoms with van der Waals surface area (Å²) in [4.78, 5) is 11.4. The van der Waals surface area contributed by atoms with Gasteiger partial charge in [0.1, 0.15) is 13.9 Å². The highest BCUT2D eigenvalue weighted by atomic mass is 16.5. The van der Waals surface area contributed by atoms with Crippen LogP contribution in [0.15, 0.2) is 30.3 Å². The van der Waals surface area contributed by atoms with Crippen molar-refractivity contribution in [1.82, 2.24) is 10.8 Å². The second kappa shape index (κ2) is 8.55. The summed E-state index contributed by atoms with van der Waals surface area (Å²) in [5.41, 5.74) is 2.99. The highest BCUT2D eigenvalue weighted by molar-refractivity contribution is 6.37. The molecule has 97 valence electrons. The van der Waals surface area contributed by atoms with Crippen molar-refractivity contribution in [2.75, 3.05) is 13.0 Å². The van der Waals surface area contributed by atoms with Gasteiger partial charge in [-0.1, -0.05) is 43.1 Å². The maximum Gasteiger partial charge on any atom is 0.407 e. The Labute approximate surface area is 108 Å². The third-order valence-electron chi connectivity index (χ3n) is 2.39. The van der Waals surface area contributed by atoms with Gasteiger partial charge in [0.25, 0.3) is 0 Å². The Hall–Kier alpha value is -1.53. The maximum atomic E-state index is 11.4. The molecule has 1 radical (unpaired) electrons. The molecule has 0 unspecified atom stereocenters. The molecule has 3 N–H and O–H groups in total. The minimum Gasteiger partial charge on any atom is -0.445 e. The van der Waals surface area contributed by atoms with Gasteiger partial charge in [-0.2, -0.15) is 0 Å². The van der Waals surface area contributed by atoms with Crippen molar-refractivity contribution >= 4 is 13.4 Å². The van der Waals surface area contributed by atoms with Gasteiger partial charge in [0.15, 0.2) is 0 Å². The molecule has 1 aromatic rings. The van der Waals surface area contributed by atoms with Crippen LogP contribution in [0.2, 0.25) is 5.82 Å². The van der Waals surface area contributed by atoms with Gasteiger partial charge in [-0.15, -0.1) is 0 Å². The van der Waals surface area contributed by atoms with E-state index in [9.17, 15) is 4.79 Å². The van der Waals surface area contributed by atoms with Gasteiger partial charge >= 0.3 is 6.09 Å². The minimum absolute atomic E-state index is 0.161. The van der Waals surface area contributed by atoms with E-state index in [-0.39, 0.29) is 12.4 Å². The summed E-state index contributed by atoms with van der Waals surface area (Å²) in [5, 5.41) is 11.1. The average molecular weight is 249 g/mol. The van der Waals surface area contributed by atoms with Gasteiger partial charge in [-0.05, 0) is 12.0 Å². The summed E-state index contributed by atoms with van der Waals surface area (Å²) in [6.45, 7) is 2.69. The summed E-state index contributed by atoms with van der Waals surface area (Å²) < 4.78 is 5.05. The Morgan fingerprint density at radius 1 is 1.44 bits per heavy atom. The highest BCUT2D eigenvalue weighted by Gasteiger charge is 2.07. The van der Waals surface area contributed by atoms with E-state index in [0.717, 1.165) is 5.56 Å². The quantitative estimate of drug-likeness (QED) is 0.504. The second-order valence-electron chi connectivity index (χ2n) is 4.02. The molecule has 1 amide bonds. The molecular formula is C12H18BN2O3. The average Bonchev–Trinajstić information content (AvgIpc) is 2.41. The molecule has 0 aliphatic rings. The first-order valence-corrected chi connectivity index (χ1v) is 5.87. The molecule has 1 aromatic carbocycles. The molecule has 0 fully saturated rings. The van der Waals surface area contributed by atoms with Gasteiger partial charge in [0, 0.05) is 6.54 Å². The first kappa shape index (κ1) is 14.5. The van der Waals surface area contributed by atoms with Crippen molar-refractivity contribution in [3.05, 3.63) is 35.9 Å². The number of hydrogen-bond acceptors (Lipinski definition) is 4. The molecule has 6 heteroatoms. The lowest BCUT2D eigenvalue weighted by Gasteiger charge is -2.11. The second-order valence-corrected chi connectivity index (χ2v) is 4.02. The molecule has 0 spiro atoms. The molecule has 0 aliphatic carbocycles. The zero-order chi connectivity index (χ0) is 13.2. The standard InChI is InChI=1S/C12H18BN2O3/c1-10(13-9-15-17)7-14-12(16)18-8-11-5-3-2-4-6-11/h2-6,10,15,17H,7-9H2,1H3,(H,14,16)/t10-/m1/s1. The van der Waals surface area contributed by atoms with Crippen molar-refractivity contribution in [1.29, 1.82) is 0 Å². The molecule has 0 saturated heterocycles. The molecule has 0 aliphatic heterocycles. The normalized spacial score (nSPS) is 11.7. The number of rotatable bonds is 7. The van der Waals surface area contributed by atoms with Crippen LogP contribution < -0.4 is 10.8 Å². The largest absolute Gasteiger partial charge is 0.445 e. The topological polar surface area (TPSA) is 70.6 Å². The number of carbonyl (C=O) groups is 1. The summed E-state index contributed by atoms with van der Waals surface area (Å²) in [7, 11) is 1.86. The summed E-state index contributed by atoms with van der Waals surface area (Å²) in [6.07, 6.45) is -0.0434. The van der Waals surface area contributed by atoms with Crippen molar-refractivity contribution in [3.63, 3.8) is 0 Å². The number of nitrogens with one attached hydrogen (secondary N) is 2. The monoisotopic (exact) mass is 249 g/mol. The van der Waals surface area contributed by atoms with Crippen LogP contribution in [0.1, 0.15) is 12.5 Å². The minimum atomic E-state index is -0.434. The molecule has 18 heavy (non-hydrogen) atoms. The molecule has 0 bridgehead atoms. The summed E-state index contributed by atoms with van der Waals surface area (Å²) >= 11 is 0.